The van der Waals surface area contributed by atoms with Crippen LogP contribution in [0.3, 0.4) is 0 Å². The first-order valence-electron chi connectivity index (χ1n) is 12.0. The molecule has 0 unspecified atom stereocenters. The minimum atomic E-state index is -0.210. The number of hydrogen-bond acceptors (Lipinski definition) is 4. The molecule has 2 aromatic carbocycles. The van der Waals surface area contributed by atoms with Gasteiger partial charge in [-0.1, -0.05) is 31.0 Å². The molecular formula is C27H34N4O3. The normalized spacial score (nSPS) is 17.9. The molecule has 34 heavy (non-hydrogen) atoms. The number of likely N-dealkylation sites (N-methyl/N-ethyl adjacent to an activating group) is 1. The molecule has 2 N–H and O–H groups in total. The van der Waals surface area contributed by atoms with Gasteiger partial charge in [0.25, 0.3) is 5.91 Å². The van der Waals surface area contributed by atoms with Gasteiger partial charge in [0.15, 0.2) is 0 Å². The van der Waals surface area contributed by atoms with Crippen LogP contribution in [0.25, 0.3) is 10.9 Å². The SMILES string of the molecule is COc1ccc(N(C)CCNC(=O)[C@@H]2CCCC[C@@H]2NC(=O)c2cc3ccccc3n2C)cc1. The summed E-state index contributed by atoms with van der Waals surface area (Å²) in [5, 5.41) is 7.29. The Morgan fingerprint density at radius 1 is 1.09 bits per heavy atom. The number of nitrogens with zero attached hydrogens (tertiary/aromatic N) is 2. The number of carbonyl (C=O) groups excluding carboxylic acids is 2. The first-order valence-corrected chi connectivity index (χ1v) is 12.0. The van der Waals surface area contributed by atoms with Crippen LogP contribution in [0.2, 0.25) is 0 Å². The molecule has 0 radical (unpaired) electrons. The summed E-state index contributed by atoms with van der Waals surface area (Å²) in [6, 6.07) is 17.6. The number of rotatable bonds is 8. The fourth-order valence-electron chi connectivity index (χ4n) is 4.81. The maximum absolute atomic E-state index is 13.1. The number of methoxy groups -OCH3 is 1. The molecule has 1 heterocycles. The molecule has 1 aromatic heterocycles. The zero-order chi connectivity index (χ0) is 24.1. The van der Waals surface area contributed by atoms with Crippen LogP contribution in [0.4, 0.5) is 5.69 Å². The highest BCUT2D eigenvalue weighted by atomic mass is 16.5. The predicted octanol–water partition coefficient (Wildman–Crippen LogP) is 3.73. The third-order valence-electron chi connectivity index (χ3n) is 6.86. The lowest BCUT2D eigenvalue weighted by molar-refractivity contribution is -0.126. The van der Waals surface area contributed by atoms with Crippen molar-refractivity contribution >= 4 is 28.4 Å². The first kappa shape index (κ1) is 23.7. The number of carbonyl (C=O) groups is 2. The number of aryl methyl sites for hydroxylation is 1. The van der Waals surface area contributed by atoms with Gasteiger partial charge in [0.05, 0.1) is 13.0 Å². The van der Waals surface area contributed by atoms with Crippen LogP contribution < -0.4 is 20.3 Å². The Bertz CT molecular complexity index is 1140. The van der Waals surface area contributed by atoms with Crippen molar-refractivity contribution in [3.8, 4) is 5.75 Å². The van der Waals surface area contributed by atoms with Gasteiger partial charge in [-0.3, -0.25) is 9.59 Å². The summed E-state index contributed by atoms with van der Waals surface area (Å²) in [6.45, 7) is 1.24. The lowest BCUT2D eigenvalue weighted by Crippen LogP contribution is -2.49. The zero-order valence-electron chi connectivity index (χ0n) is 20.2. The molecule has 3 aromatic rings. The van der Waals surface area contributed by atoms with E-state index in [2.05, 4.69) is 15.5 Å². The second kappa shape index (κ2) is 10.6. The van der Waals surface area contributed by atoms with Gasteiger partial charge in [0.1, 0.15) is 11.4 Å². The van der Waals surface area contributed by atoms with Crippen molar-refractivity contribution in [3.05, 3.63) is 60.3 Å². The Morgan fingerprint density at radius 2 is 1.82 bits per heavy atom. The quantitative estimate of drug-likeness (QED) is 0.535. The van der Waals surface area contributed by atoms with Crippen LogP contribution in [0, 0.1) is 5.92 Å². The third-order valence-corrected chi connectivity index (χ3v) is 6.86. The highest BCUT2D eigenvalue weighted by Crippen LogP contribution is 2.26. The summed E-state index contributed by atoms with van der Waals surface area (Å²) in [4.78, 5) is 28.2. The molecule has 1 aliphatic carbocycles. The molecule has 180 valence electrons. The Kier molecular flexibility index (Phi) is 7.40. The molecule has 0 spiro atoms. The van der Waals surface area contributed by atoms with Gasteiger partial charge in [0, 0.05) is 49.8 Å². The summed E-state index contributed by atoms with van der Waals surface area (Å²) >= 11 is 0. The van der Waals surface area contributed by atoms with E-state index in [0.29, 0.717) is 18.8 Å². The van der Waals surface area contributed by atoms with Crippen LogP contribution >= 0.6 is 0 Å². The molecule has 1 saturated carbocycles. The summed E-state index contributed by atoms with van der Waals surface area (Å²) in [6.07, 6.45) is 3.63. The average molecular weight is 463 g/mol. The van der Waals surface area contributed by atoms with Gasteiger partial charge >= 0.3 is 0 Å². The van der Waals surface area contributed by atoms with Crippen LogP contribution in [0.5, 0.6) is 5.75 Å². The van der Waals surface area contributed by atoms with Gasteiger partial charge in [-0.2, -0.15) is 0 Å². The second-order valence-electron chi connectivity index (χ2n) is 9.03. The number of nitrogens with one attached hydrogen (secondary N) is 2. The smallest absolute Gasteiger partial charge is 0.268 e. The van der Waals surface area contributed by atoms with Gasteiger partial charge in [0.2, 0.25) is 5.91 Å². The van der Waals surface area contributed by atoms with Crippen LogP contribution in [-0.2, 0) is 11.8 Å². The average Bonchev–Trinajstić information content (AvgIpc) is 3.21. The molecule has 0 saturated heterocycles. The van der Waals surface area contributed by atoms with E-state index in [0.717, 1.165) is 48.0 Å². The van der Waals surface area contributed by atoms with Crippen LogP contribution in [0.15, 0.2) is 54.6 Å². The number of hydrogen-bond donors (Lipinski definition) is 2. The van der Waals surface area contributed by atoms with E-state index in [9.17, 15) is 9.59 Å². The molecule has 7 nitrogen and oxygen atoms in total. The van der Waals surface area contributed by atoms with Gasteiger partial charge < -0.3 is 24.8 Å². The zero-order valence-corrected chi connectivity index (χ0v) is 20.2. The fourth-order valence-corrected chi connectivity index (χ4v) is 4.81. The van der Waals surface area contributed by atoms with Gasteiger partial charge in [-0.05, 0) is 49.2 Å². The molecule has 0 aliphatic heterocycles. The molecular weight excluding hydrogens is 428 g/mol. The minimum Gasteiger partial charge on any atom is -0.497 e. The summed E-state index contributed by atoms with van der Waals surface area (Å²) < 4.78 is 7.12. The van der Waals surface area contributed by atoms with Crippen molar-refractivity contribution in [1.29, 1.82) is 0 Å². The summed E-state index contributed by atoms with van der Waals surface area (Å²) in [5.41, 5.74) is 2.70. The number of benzene rings is 2. The number of amides is 2. The van der Waals surface area contributed by atoms with Crippen LogP contribution in [0.1, 0.15) is 36.2 Å². The van der Waals surface area contributed by atoms with E-state index in [1.165, 1.54) is 0 Å². The Hall–Kier alpha value is -3.48. The number of para-hydroxylation sites is 1. The lowest BCUT2D eigenvalue weighted by atomic mass is 9.83. The third kappa shape index (κ3) is 5.19. The van der Waals surface area contributed by atoms with E-state index in [1.807, 2.05) is 73.3 Å². The van der Waals surface area contributed by atoms with E-state index >= 15 is 0 Å². The highest BCUT2D eigenvalue weighted by molar-refractivity contribution is 5.99. The lowest BCUT2D eigenvalue weighted by Gasteiger charge is -2.31. The largest absolute Gasteiger partial charge is 0.497 e. The number of anilines is 1. The molecule has 1 aliphatic rings. The van der Waals surface area contributed by atoms with Crippen LogP contribution in [-0.4, -0.2) is 49.7 Å². The van der Waals surface area contributed by atoms with Crippen molar-refractivity contribution < 1.29 is 14.3 Å². The van der Waals surface area contributed by atoms with Gasteiger partial charge in [-0.25, -0.2) is 0 Å². The Labute approximate surface area is 201 Å². The topological polar surface area (TPSA) is 75.6 Å². The number of fused-ring (bicyclic) bond motifs is 1. The van der Waals surface area contributed by atoms with E-state index < -0.39 is 0 Å². The fraction of sp³-hybridized carbons (Fsp3) is 0.407. The second-order valence-corrected chi connectivity index (χ2v) is 9.03. The van der Waals surface area contributed by atoms with Gasteiger partial charge in [-0.15, -0.1) is 0 Å². The monoisotopic (exact) mass is 462 g/mol. The first-order chi connectivity index (χ1) is 16.5. The number of aromatic nitrogens is 1. The van der Waals surface area contributed by atoms with Crippen molar-refractivity contribution in [2.75, 3.05) is 32.1 Å². The van der Waals surface area contributed by atoms with Crippen molar-refractivity contribution in [2.24, 2.45) is 13.0 Å². The molecule has 2 atom stereocenters. The molecule has 2 amide bonds. The molecule has 4 rings (SSSR count). The van der Waals surface area contributed by atoms with E-state index in [1.54, 1.807) is 7.11 Å². The summed E-state index contributed by atoms with van der Waals surface area (Å²) in [7, 11) is 5.56. The minimum absolute atomic E-state index is 0.0187. The highest BCUT2D eigenvalue weighted by Gasteiger charge is 2.32. The van der Waals surface area contributed by atoms with E-state index in [4.69, 9.17) is 4.74 Å². The number of ether oxygens (including phenoxy) is 1. The molecule has 7 heteroatoms. The molecule has 1 fully saturated rings. The summed E-state index contributed by atoms with van der Waals surface area (Å²) in [5.74, 6) is 0.505. The Balaban J connectivity index is 1.34. The van der Waals surface area contributed by atoms with Crippen molar-refractivity contribution in [3.63, 3.8) is 0 Å². The van der Waals surface area contributed by atoms with Crippen molar-refractivity contribution in [1.82, 2.24) is 15.2 Å². The van der Waals surface area contributed by atoms with Crippen molar-refractivity contribution in [2.45, 2.75) is 31.7 Å². The molecule has 0 bridgehead atoms. The maximum atomic E-state index is 13.1. The maximum Gasteiger partial charge on any atom is 0.268 e. The Morgan fingerprint density at radius 3 is 2.56 bits per heavy atom. The van der Waals surface area contributed by atoms with E-state index in [-0.39, 0.29) is 23.8 Å². The predicted molar refractivity (Wildman–Crippen MR) is 135 cm³/mol. The standard InChI is InChI=1S/C27H34N4O3/c1-30(20-12-14-21(34-3)15-13-20)17-16-28-26(32)22-9-5-6-10-23(22)29-27(33)25-18-19-8-4-7-11-24(19)31(25)2/h4,7-8,11-15,18,22-23H,5-6,9-10,16-17H2,1-3H3,(H,28,32)(H,29,33)/t22-,23+/m1/s1.